The minimum Gasteiger partial charge on any atom is -0.490 e. The number of benzene rings is 2. The van der Waals surface area contributed by atoms with E-state index >= 15 is 0 Å². The molecule has 0 aliphatic carbocycles. The molecule has 0 spiro atoms. The van der Waals surface area contributed by atoms with E-state index in [2.05, 4.69) is 5.32 Å². The molecule has 0 fully saturated rings. The van der Waals surface area contributed by atoms with Crippen molar-refractivity contribution >= 4 is 11.6 Å². The minimum atomic E-state index is -0.842. The van der Waals surface area contributed by atoms with Gasteiger partial charge in [-0.05, 0) is 24.3 Å². The summed E-state index contributed by atoms with van der Waals surface area (Å²) in [5.41, 5.74) is -0.305. The highest BCUT2D eigenvalue weighted by molar-refractivity contribution is 6.06. The largest absolute Gasteiger partial charge is 0.490 e. The molecule has 0 saturated heterocycles. The van der Waals surface area contributed by atoms with Gasteiger partial charge in [0.2, 0.25) is 0 Å². The second-order valence-electron chi connectivity index (χ2n) is 4.39. The highest BCUT2D eigenvalue weighted by Crippen LogP contribution is 2.22. The number of para-hydroxylation sites is 2. The maximum absolute atomic E-state index is 13.6. The molecule has 0 aliphatic heterocycles. The quantitative estimate of drug-likeness (QED) is 0.833. The highest BCUT2D eigenvalue weighted by Gasteiger charge is 2.16. The number of carbonyl (C=O) groups is 1. The minimum absolute atomic E-state index is 0.182. The third-order valence-electron chi connectivity index (χ3n) is 2.88. The van der Waals surface area contributed by atoms with Crippen molar-refractivity contribution in [1.82, 2.24) is 0 Å². The standard InChI is InChI=1S/C16H15F2NO3/c1-21-9-10-22-14-8-3-2-5-11(14)16(20)19-15-12(17)6-4-7-13(15)18/h2-8H,9-10H2,1H3,(H,19,20). The second kappa shape index (κ2) is 7.51. The summed E-state index contributed by atoms with van der Waals surface area (Å²) in [4.78, 5) is 12.2. The van der Waals surface area contributed by atoms with Crippen LogP contribution in [0.4, 0.5) is 14.5 Å². The first kappa shape index (κ1) is 15.9. The highest BCUT2D eigenvalue weighted by atomic mass is 19.1. The van der Waals surface area contributed by atoms with E-state index in [9.17, 15) is 13.6 Å². The SMILES string of the molecule is COCCOc1ccccc1C(=O)Nc1c(F)cccc1F. The first-order valence-electron chi connectivity index (χ1n) is 6.59. The average molecular weight is 307 g/mol. The fourth-order valence-electron chi connectivity index (χ4n) is 1.81. The van der Waals surface area contributed by atoms with Crippen LogP contribution < -0.4 is 10.1 Å². The normalized spacial score (nSPS) is 10.3. The number of anilines is 1. The van der Waals surface area contributed by atoms with Crippen LogP contribution in [0.5, 0.6) is 5.75 Å². The Morgan fingerprint density at radius 3 is 2.41 bits per heavy atom. The van der Waals surface area contributed by atoms with E-state index in [1.807, 2.05) is 0 Å². The molecule has 116 valence electrons. The van der Waals surface area contributed by atoms with Gasteiger partial charge in [-0.3, -0.25) is 4.79 Å². The number of amides is 1. The van der Waals surface area contributed by atoms with Crippen LogP contribution in [-0.4, -0.2) is 26.2 Å². The molecule has 0 saturated carbocycles. The zero-order valence-electron chi connectivity index (χ0n) is 11.9. The molecule has 22 heavy (non-hydrogen) atoms. The summed E-state index contributed by atoms with van der Waals surface area (Å²) in [6, 6.07) is 9.80. The molecule has 0 radical (unpaired) electrons. The number of hydrogen-bond acceptors (Lipinski definition) is 3. The van der Waals surface area contributed by atoms with Crippen molar-refractivity contribution in [3.05, 3.63) is 59.7 Å². The summed E-state index contributed by atoms with van der Waals surface area (Å²) in [6.45, 7) is 0.618. The Morgan fingerprint density at radius 2 is 1.73 bits per heavy atom. The molecule has 2 aromatic rings. The van der Waals surface area contributed by atoms with Gasteiger partial charge in [0.1, 0.15) is 29.7 Å². The third-order valence-corrected chi connectivity index (χ3v) is 2.88. The molecular formula is C16H15F2NO3. The molecule has 0 aliphatic rings. The van der Waals surface area contributed by atoms with Gasteiger partial charge in [0.25, 0.3) is 5.91 Å². The van der Waals surface area contributed by atoms with Gasteiger partial charge < -0.3 is 14.8 Å². The van der Waals surface area contributed by atoms with Gasteiger partial charge in [-0.2, -0.15) is 0 Å². The van der Waals surface area contributed by atoms with Crippen LogP contribution in [0.15, 0.2) is 42.5 Å². The molecule has 0 atom stereocenters. The fraction of sp³-hybridized carbons (Fsp3) is 0.188. The molecule has 2 rings (SSSR count). The van der Waals surface area contributed by atoms with Gasteiger partial charge in [0.05, 0.1) is 12.2 Å². The zero-order valence-corrected chi connectivity index (χ0v) is 11.9. The van der Waals surface area contributed by atoms with E-state index in [0.717, 1.165) is 12.1 Å². The summed E-state index contributed by atoms with van der Waals surface area (Å²) in [5, 5.41) is 2.23. The average Bonchev–Trinajstić information content (AvgIpc) is 2.51. The van der Waals surface area contributed by atoms with Gasteiger partial charge in [-0.25, -0.2) is 8.78 Å². The zero-order chi connectivity index (χ0) is 15.9. The maximum atomic E-state index is 13.6. The van der Waals surface area contributed by atoms with Gasteiger partial charge in [0.15, 0.2) is 0 Å². The van der Waals surface area contributed by atoms with Crippen LogP contribution in [-0.2, 0) is 4.74 Å². The maximum Gasteiger partial charge on any atom is 0.259 e. The van der Waals surface area contributed by atoms with Crippen molar-refractivity contribution in [2.75, 3.05) is 25.6 Å². The van der Waals surface area contributed by atoms with Crippen molar-refractivity contribution in [3.63, 3.8) is 0 Å². The molecule has 6 heteroatoms. The van der Waals surface area contributed by atoms with Crippen molar-refractivity contribution in [3.8, 4) is 5.75 Å². The van der Waals surface area contributed by atoms with E-state index < -0.39 is 23.2 Å². The van der Waals surface area contributed by atoms with E-state index in [0.29, 0.717) is 12.4 Å². The lowest BCUT2D eigenvalue weighted by atomic mass is 10.1. The molecule has 2 aromatic carbocycles. The first-order valence-corrected chi connectivity index (χ1v) is 6.59. The Hall–Kier alpha value is -2.47. The number of methoxy groups -OCH3 is 1. The van der Waals surface area contributed by atoms with Gasteiger partial charge in [-0.1, -0.05) is 18.2 Å². The van der Waals surface area contributed by atoms with Crippen LogP contribution in [0.1, 0.15) is 10.4 Å². The van der Waals surface area contributed by atoms with E-state index in [4.69, 9.17) is 9.47 Å². The molecule has 0 unspecified atom stereocenters. The topological polar surface area (TPSA) is 47.6 Å². The van der Waals surface area contributed by atoms with Gasteiger partial charge in [-0.15, -0.1) is 0 Å². The molecule has 1 amide bonds. The van der Waals surface area contributed by atoms with Crippen LogP contribution >= 0.6 is 0 Å². The van der Waals surface area contributed by atoms with Crippen LogP contribution in [0.2, 0.25) is 0 Å². The smallest absolute Gasteiger partial charge is 0.259 e. The van der Waals surface area contributed by atoms with E-state index in [1.165, 1.54) is 19.2 Å². The van der Waals surface area contributed by atoms with Crippen molar-refractivity contribution in [2.24, 2.45) is 0 Å². The van der Waals surface area contributed by atoms with Crippen LogP contribution in [0.3, 0.4) is 0 Å². The summed E-state index contributed by atoms with van der Waals surface area (Å²) in [6.07, 6.45) is 0. The number of halogens is 2. The second-order valence-corrected chi connectivity index (χ2v) is 4.39. The third kappa shape index (κ3) is 3.79. The predicted molar refractivity (Wildman–Crippen MR) is 78.1 cm³/mol. The fourth-order valence-corrected chi connectivity index (χ4v) is 1.81. The van der Waals surface area contributed by atoms with Crippen molar-refractivity contribution in [2.45, 2.75) is 0 Å². The number of carbonyl (C=O) groups excluding carboxylic acids is 1. The lowest BCUT2D eigenvalue weighted by molar-refractivity contribution is 0.101. The van der Waals surface area contributed by atoms with Gasteiger partial charge >= 0.3 is 0 Å². The Morgan fingerprint density at radius 1 is 1.05 bits per heavy atom. The first-order chi connectivity index (χ1) is 10.6. The number of rotatable bonds is 6. The van der Waals surface area contributed by atoms with Crippen LogP contribution in [0.25, 0.3) is 0 Å². The molecule has 0 heterocycles. The summed E-state index contributed by atoms with van der Waals surface area (Å²) in [7, 11) is 1.53. The van der Waals surface area contributed by atoms with E-state index in [1.54, 1.807) is 18.2 Å². The molecule has 0 bridgehead atoms. The summed E-state index contributed by atoms with van der Waals surface area (Å²) in [5.74, 6) is -2.02. The predicted octanol–water partition coefficient (Wildman–Crippen LogP) is 3.24. The molecule has 0 aromatic heterocycles. The number of hydrogen-bond donors (Lipinski definition) is 1. The number of nitrogens with one attached hydrogen (secondary N) is 1. The van der Waals surface area contributed by atoms with Crippen LogP contribution in [0, 0.1) is 11.6 Å². The molecule has 1 N–H and O–H groups in total. The number of ether oxygens (including phenoxy) is 2. The Labute approximate surface area is 126 Å². The summed E-state index contributed by atoms with van der Waals surface area (Å²) >= 11 is 0. The monoisotopic (exact) mass is 307 g/mol. The Kier molecular flexibility index (Phi) is 5.43. The Balaban J connectivity index is 2.19. The lowest BCUT2D eigenvalue weighted by Crippen LogP contribution is -2.16. The Bertz CT molecular complexity index is 641. The lowest BCUT2D eigenvalue weighted by Gasteiger charge is -2.12. The van der Waals surface area contributed by atoms with E-state index in [-0.39, 0.29) is 12.2 Å². The molecular weight excluding hydrogens is 292 g/mol. The van der Waals surface area contributed by atoms with Crippen molar-refractivity contribution in [1.29, 1.82) is 0 Å². The van der Waals surface area contributed by atoms with Crippen molar-refractivity contribution < 1.29 is 23.0 Å². The van der Waals surface area contributed by atoms with Gasteiger partial charge in [0, 0.05) is 7.11 Å². The summed E-state index contributed by atoms with van der Waals surface area (Å²) < 4.78 is 37.4. The molecule has 4 nitrogen and oxygen atoms in total.